The molecule has 0 saturated heterocycles. The third-order valence-electron chi connectivity index (χ3n) is 4.88. The molecule has 3 rings (SSSR count). The van der Waals surface area contributed by atoms with Crippen molar-refractivity contribution in [2.45, 2.75) is 17.7 Å². The van der Waals surface area contributed by atoms with Crippen LogP contribution in [-0.4, -0.2) is 64.3 Å². The molecule has 7 nitrogen and oxygen atoms in total. The highest BCUT2D eigenvalue weighted by Crippen LogP contribution is 2.30. The molecule has 1 amide bonds. The number of fused-ring (bicyclic) bond motifs is 1. The number of methoxy groups -OCH3 is 1. The summed E-state index contributed by atoms with van der Waals surface area (Å²) >= 11 is 1.24. The van der Waals surface area contributed by atoms with E-state index in [0.29, 0.717) is 28.7 Å². The van der Waals surface area contributed by atoms with Crippen LogP contribution in [0.15, 0.2) is 47.4 Å². The largest absolute Gasteiger partial charge is 0.497 e. The van der Waals surface area contributed by atoms with Crippen LogP contribution in [-0.2, 0) is 14.6 Å². The van der Waals surface area contributed by atoms with Crippen LogP contribution in [0.5, 0.6) is 5.75 Å². The molecular weight excluding hydrogens is 489 g/mol. The molecule has 0 spiro atoms. The molecule has 3 aromatic rings. The van der Waals surface area contributed by atoms with Crippen molar-refractivity contribution in [3.63, 3.8) is 0 Å². The molecule has 0 unspecified atom stereocenters. The summed E-state index contributed by atoms with van der Waals surface area (Å²) in [5.74, 6) is -0.254. The fourth-order valence-electron chi connectivity index (χ4n) is 3.09. The van der Waals surface area contributed by atoms with E-state index < -0.39 is 15.7 Å². The van der Waals surface area contributed by atoms with Gasteiger partial charge in [-0.1, -0.05) is 17.4 Å². The molecule has 0 atom stereocenters. The maximum Gasteiger partial charge on any atom is 0.228 e. The van der Waals surface area contributed by atoms with Crippen molar-refractivity contribution < 1.29 is 22.3 Å². The van der Waals surface area contributed by atoms with Gasteiger partial charge in [-0.05, 0) is 56.9 Å². The normalized spacial score (nSPS) is 11.4. The maximum atomic E-state index is 14.1. The Morgan fingerprint density at radius 1 is 1.12 bits per heavy atom. The topological polar surface area (TPSA) is 79.8 Å². The lowest BCUT2D eigenvalue weighted by atomic mass is 10.3. The Kier molecular flexibility index (Phi) is 9.59. The SMILES string of the molecule is COc1ccc(S(=O)(=O)CCCC(=O)N(CCN(C)C)c2nc3c(F)cccc3s2)cc1.Cl. The Balaban J connectivity index is 0.00000385. The fourth-order valence-corrected chi connectivity index (χ4v) is 5.43. The number of aromatic nitrogens is 1. The number of anilines is 1. The number of nitrogens with zero attached hydrogens (tertiary/aromatic N) is 3. The van der Waals surface area contributed by atoms with E-state index in [-0.39, 0.29) is 47.3 Å². The van der Waals surface area contributed by atoms with Crippen molar-refractivity contribution in [3.8, 4) is 5.75 Å². The van der Waals surface area contributed by atoms with Crippen LogP contribution >= 0.6 is 23.7 Å². The van der Waals surface area contributed by atoms with Crippen molar-refractivity contribution in [2.24, 2.45) is 0 Å². The van der Waals surface area contributed by atoms with E-state index in [1.807, 2.05) is 19.0 Å². The smallest absolute Gasteiger partial charge is 0.228 e. The zero-order valence-electron chi connectivity index (χ0n) is 18.7. The molecule has 2 aromatic carbocycles. The minimum absolute atomic E-state index is 0. The van der Waals surface area contributed by atoms with E-state index in [2.05, 4.69) is 4.98 Å². The summed E-state index contributed by atoms with van der Waals surface area (Å²) in [7, 11) is 1.77. The summed E-state index contributed by atoms with van der Waals surface area (Å²) < 4.78 is 45.0. The first-order chi connectivity index (χ1) is 15.2. The van der Waals surface area contributed by atoms with Crippen molar-refractivity contribution in [3.05, 3.63) is 48.3 Å². The second kappa shape index (κ2) is 11.7. The molecule has 11 heteroatoms. The van der Waals surface area contributed by atoms with E-state index in [1.165, 1.54) is 41.5 Å². The molecule has 0 bridgehead atoms. The van der Waals surface area contributed by atoms with Gasteiger partial charge in [-0.15, -0.1) is 12.4 Å². The van der Waals surface area contributed by atoms with Gasteiger partial charge in [-0.2, -0.15) is 0 Å². The van der Waals surface area contributed by atoms with E-state index >= 15 is 0 Å². The Morgan fingerprint density at radius 2 is 1.82 bits per heavy atom. The third kappa shape index (κ3) is 6.86. The predicted molar refractivity (Wildman–Crippen MR) is 132 cm³/mol. The average Bonchev–Trinajstić information content (AvgIpc) is 3.19. The second-order valence-electron chi connectivity index (χ2n) is 7.53. The summed E-state index contributed by atoms with van der Waals surface area (Å²) in [6.45, 7) is 0.965. The minimum atomic E-state index is -3.52. The monoisotopic (exact) mass is 515 g/mol. The van der Waals surface area contributed by atoms with Gasteiger partial charge < -0.3 is 9.64 Å². The Bertz CT molecular complexity index is 1180. The van der Waals surface area contributed by atoms with Gasteiger partial charge in [0, 0.05) is 19.5 Å². The molecule has 0 N–H and O–H groups in total. The number of ether oxygens (including phenoxy) is 1. The zero-order valence-corrected chi connectivity index (χ0v) is 21.1. The molecule has 33 heavy (non-hydrogen) atoms. The highest BCUT2D eigenvalue weighted by molar-refractivity contribution is 7.91. The lowest BCUT2D eigenvalue weighted by Gasteiger charge is -2.22. The zero-order chi connectivity index (χ0) is 23.3. The summed E-state index contributed by atoms with van der Waals surface area (Å²) in [6, 6.07) is 10.9. The van der Waals surface area contributed by atoms with Gasteiger partial charge in [0.25, 0.3) is 0 Å². The van der Waals surface area contributed by atoms with E-state index in [0.717, 1.165) is 0 Å². The molecule has 1 aromatic heterocycles. The van der Waals surface area contributed by atoms with Gasteiger partial charge in [0.1, 0.15) is 17.1 Å². The summed E-state index contributed by atoms with van der Waals surface area (Å²) in [5, 5.41) is 0.412. The van der Waals surface area contributed by atoms with Crippen LogP contribution in [0.2, 0.25) is 0 Å². The van der Waals surface area contributed by atoms with Crippen molar-refractivity contribution >= 4 is 54.8 Å². The fraction of sp³-hybridized carbons (Fsp3) is 0.364. The van der Waals surface area contributed by atoms with Crippen molar-refractivity contribution in [2.75, 3.05) is 44.9 Å². The number of para-hydroxylation sites is 1. The van der Waals surface area contributed by atoms with Gasteiger partial charge in [0.2, 0.25) is 5.91 Å². The summed E-state index contributed by atoms with van der Waals surface area (Å²) in [4.78, 5) is 21.0. The van der Waals surface area contributed by atoms with Crippen molar-refractivity contribution in [1.82, 2.24) is 9.88 Å². The van der Waals surface area contributed by atoms with Gasteiger partial charge in [0.15, 0.2) is 15.0 Å². The molecular formula is C22H27ClFN3O4S2. The number of thiazole rings is 1. The van der Waals surface area contributed by atoms with Crippen LogP contribution in [0.25, 0.3) is 10.2 Å². The number of hydrogen-bond acceptors (Lipinski definition) is 7. The number of carbonyl (C=O) groups excluding carboxylic acids is 1. The molecule has 0 aliphatic heterocycles. The lowest BCUT2D eigenvalue weighted by Crippen LogP contribution is -2.36. The third-order valence-corrected chi connectivity index (χ3v) is 7.74. The molecule has 0 aliphatic carbocycles. The summed E-state index contributed by atoms with van der Waals surface area (Å²) in [5.41, 5.74) is 0.234. The second-order valence-corrected chi connectivity index (χ2v) is 10.6. The molecule has 0 fully saturated rings. The summed E-state index contributed by atoms with van der Waals surface area (Å²) in [6.07, 6.45) is 0.214. The first kappa shape index (κ1) is 27.0. The van der Waals surface area contributed by atoms with Gasteiger partial charge in [-0.25, -0.2) is 17.8 Å². The maximum absolute atomic E-state index is 14.1. The number of hydrogen-bond donors (Lipinski definition) is 0. The predicted octanol–water partition coefficient (Wildman–Crippen LogP) is 4.01. The average molecular weight is 516 g/mol. The standard InChI is InChI=1S/C22H26FN3O4S2.ClH/c1-25(2)13-14-26(22-24-21-18(23)6-4-7-19(21)31-22)20(27)8-5-15-32(28,29)17-11-9-16(30-3)10-12-17;/h4,6-7,9-12H,5,8,13-15H2,1-3H3;1H. The van der Waals surface area contributed by atoms with Crippen LogP contribution in [0.4, 0.5) is 9.52 Å². The number of rotatable bonds is 10. The Labute approximate surface area is 203 Å². The quantitative estimate of drug-likeness (QED) is 0.406. The highest BCUT2D eigenvalue weighted by Gasteiger charge is 2.22. The number of likely N-dealkylation sites (N-methyl/N-ethyl adjacent to an activating group) is 1. The Hall–Kier alpha value is -2.27. The molecule has 0 aliphatic rings. The molecule has 180 valence electrons. The van der Waals surface area contributed by atoms with Gasteiger partial charge in [0.05, 0.1) is 22.5 Å². The van der Waals surface area contributed by atoms with E-state index in [4.69, 9.17) is 4.74 Å². The number of carbonyl (C=O) groups is 1. The molecule has 0 saturated carbocycles. The van der Waals surface area contributed by atoms with Gasteiger partial charge in [-0.3, -0.25) is 9.69 Å². The molecule has 1 heterocycles. The first-order valence-electron chi connectivity index (χ1n) is 10.1. The van der Waals surface area contributed by atoms with Crippen LogP contribution in [0.1, 0.15) is 12.8 Å². The van der Waals surface area contributed by atoms with E-state index in [1.54, 1.807) is 24.3 Å². The number of benzene rings is 2. The van der Waals surface area contributed by atoms with Crippen molar-refractivity contribution in [1.29, 1.82) is 0 Å². The minimum Gasteiger partial charge on any atom is -0.497 e. The van der Waals surface area contributed by atoms with Crippen LogP contribution in [0, 0.1) is 5.82 Å². The highest BCUT2D eigenvalue weighted by atomic mass is 35.5. The van der Waals surface area contributed by atoms with Crippen LogP contribution < -0.4 is 9.64 Å². The van der Waals surface area contributed by atoms with E-state index in [9.17, 15) is 17.6 Å². The Morgan fingerprint density at radius 3 is 2.42 bits per heavy atom. The van der Waals surface area contributed by atoms with Crippen LogP contribution in [0.3, 0.4) is 0 Å². The first-order valence-corrected chi connectivity index (χ1v) is 12.5. The molecule has 0 radical (unpaired) electrons. The van der Waals surface area contributed by atoms with Gasteiger partial charge >= 0.3 is 0 Å². The number of amides is 1. The lowest BCUT2D eigenvalue weighted by molar-refractivity contribution is -0.118. The number of sulfone groups is 1. The number of halogens is 2.